The van der Waals surface area contributed by atoms with Crippen LogP contribution in [-0.4, -0.2) is 73.7 Å². The molecule has 1 amide bonds. The second-order valence-electron chi connectivity index (χ2n) is 9.43. The van der Waals surface area contributed by atoms with Gasteiger partial charge in [0.25, 0.3) is 0 Å². The normalized spacial score (nSPS) is 27.6. The van der Waals surface area contributed by atoms with Crippen LogP contribution >= 0.6 is 0 Å². The zero-order valence-corrected chi connectivity index (χ0v) is 18.3. The second-order valence-corrected chi connectivity index (χ2v) is 9.43. The van der Waals surface area contributed by atoms with E-state index in [4.69, 9.17) is 0 Å². The largest absolute Gasteiger partial charge is 0.338 e. The summed E-state index contributed by atoms with van der Waals surface area (Å²) in [6, 6.07) is 10.8. The molecule has 1 aromatic rings. The molecule has 0 saturated heterocycles. The molecule has 2 saturated carbocycles. The van der Waals surface area contributed by atoms with E-state index < -0.39 is 0 Å². The van der Waals surface area contributed by atoms with Crippen LogP contribution in [0.1, 0.15) is 50.5 Å². The molecule has 2 aliphatic rings. The first-order valence-electron chi connectivity index (χ1n) is 11.0. The van der Waals surface area contributed by atoms with Gasteiger partial charge in [-0.1, -0.05) is 36.8 Å². The minimum absolute atomic E-state index is 0.000978. The summed E-state index contributed by atoms with van der Waals surface area (Å²) >= 11 is 0. The standard InChI is InChI=1S/C24H37N3O2/c1-25(2)24(22-10-5-4-6-11-22)14-12-23(13-15-24,19-26(3)16-17-28)27(20-29)18-21-8-7-9-21/h4-6,10-11,17,20-21H,7-9,12-16,18-19H2,1-3H3. The fourth-order valence-electron chi connectivity index (χ4n) is 5.40. The highest BCUT2D eigenvalue weighted by atomic mass is 16.1. The lowest BCUT2D eigenvalue weighted by Crippen LogP contribution is -2.61. The summed E-state index contributed by atoms with van der Waals surface area (Å²) in [6.07, 6.45) is 9.71. The number of carbonyl (C=O) groups is 2. The number of aldehydes is 1. The Kier molecular flexibility index (Phi) is 7.12. The summed E-state index contributed by atoms with van der Waals surface area (Å²) < 4.78 is 0. The number of likely N-dealkylation sites (N-methyl/N-ethyl adjacent to an activating group) is 1. The monoisotopic (exact) mass is 399 g/mol. The Bertz CT molecular complexity index is 664. The zero-order valence-electron chi connectivity index (χ0n) is 18.3. The van der Waals surface area contributed by atoms with E-state index in [1.165, 1.54) is 24.8 Å². The lowest BCUT2D eigenvalue weighted by molar-refractivity contribution is -0.130. The minimum atomic E-state index is -0.191. The zero-order chi connectivity index (χ0) is 20.9. The molecule has 0 aliphatic heterocycles. The third-order valence-electron chi connectivity index (χ3n) is 7.54. The van der Waals surface area contributed by atoms with Crippen molar-refractivity contribution in [1.82, 2.24) is 14.7 Å². The van der Waals surface area contributed by atoms with Crippen LogP contribution in [0.2, 0.25) is 0 Å². The van der Waals surface area contributed by atoms with E-state index in [0.29, 0.717) is 12.5 Å². The van der Waals surface area contributed by atoms with Crippen LogP contribution in [-0.2, 0) is 15.1 Å². The number of rotatable bonds is 10. The van der Waals surface area contributed by atoms with Gasteiger partial charge in [0.1, 0.15) is 6.29 Å². The van der Waals surface area contributed by atoms with Gasteiger partial charge in [-0.15, -0.1) is 0 Å². The molecule has 5 heteroatoms. The van der Waals surface area contributed by atoms with Crippen molar-refractivity contribution >= 4 is 12.7 Å². The Morgan fingerprint density at radius 3 is 2.14 bits per heavy atom. The van der Waals surface area contributed by atoms with E-state index in [0.717, 1.165) is 51.5 Å². The molecule has 0 heterocycles. The molecule has 0 radical (unpaired) electrons. The van der Waals surface area contributed by atoms with Gasteiger partial charge in [-0.25, -0.2) is 0 Å². The van der Waals surface area contributed by atoms with E-state index in [-0.39, 0.29) is 11.1 Å². The van der Waals surface area contributed by atoms with Crippen molar-refractivity contribution in [3.63, 3.8) is 0 Å². The summed E-state index contributed by atoms with van der Waals surface area (Å²) in [7, 11) is 6.34. The number of nitrogens with zero attached hydrogens (tertiary/aromatic N) is 3. The van der Waals surface area contributed by atoms with Gasteiger partial charge in [0.15, 0.2) is 0 Å². The first-order chi connectivity index (χ1) is 14.0. The predicted molar refractivity (Wildman–Crippen MR) is 117 cm³/mol. The van der Waals surface area contributed by atoms with Crippen LogP contribution < -0.4 is 0 Å². The molecule has 2 fully saturated rings. The molecular formula is C24H37N3O2. The third kappa shape index (κ3) is 4.56. The SMILES string of the molecule is CN(CC=O)CC1(N(C=O)CC2CCC2)CCC(c2ccccc2)(N(C)C)CC1. The molecule has 0 spiro atoms. The highest BCUT2D eigenvalue weighted by Gasteiger charge is 2.48. The number of hydrogen-bond donors (Lipinski definition) is 0. The maximum Gasteiger partial charge on any atom is 0.210 e. The predicted octanol–water partition coefficient (Wildman–Crippen LogP) is 3.15. The number of hydrogen-bond acceptors (Lipinski definition) is 4. The average Bonchev–Trinajstić information content (AvgIpc) is 2.68. The van der Waals surface area contributed by atoms with Crippen LogP contribution in [0.25, 0.3) is 0 Å². The smallest absolute Gasteiger partial charge is 0.210 e. The van der Waals surface area contributed by atoms with Crippen molar-refractivity contribution in [1.29, 1.82) is 0 Å². The van der Waals surface area contributed by atoms with Gasteiger partial charge < -0.3 is 9.69 Å². The van der Waals surface area contributed by atoms with E-state index in [1.807, 2.05) is 7.05 Å². The highest BCUT2D eigenvalue weighted by Crippen LogP contribution is 2.47. The van der Waals surface area contributed by atoms with Crippen molar-refractivity contribution in [3.8, 4) is 0 Å². The molecular weight excluding hydrogens is 362 g/mol. The number of carbonyl (C=O) groups excluding carboxylic acids is 2. The van der Waals surface area contributed by atoms with Crippen molar-refractivity contribution in [2.45, 2.75) is 56.0 Å². The Morgan fingerprint density at radius 2 is 1.66 bits per heavy atom. The minimum Gasteiger partial charge on any atom is -0.338 e. The fourth-order valence-corrected chi connectivity index (χ4v) is 5.40. The quantitative estimate of drug-likeness (QED) is 0.567. The van der Waals surface area contributed by atoms with Crippen molar-refractivity contribution < 1.29 is 9.59 Å². The van der Waals surface area contributed by atoms with Crippen LogP contribution in [0.4, 0.5) is 0 Å². The van der Waals surface area contributed by atoms with Gasteiger partial charge in [-0.2, -0.15) is 0 Å². The van der Waals surface area contributed by atoms with E-state index in [9.17, 15) is 9.59 Å². The molecule has 0 unspecified atom stereocenters. The lowest BCUT2D eigenvalue weighted by Gasteiger charge is -2.54. The van der Waals surface area contributed by atoms with Crippen LogP contribution in [0.5, 0.6) is 0 Å². The molecule has 5 nitrogen and oxygen atoms in total. The molecule has 29 heavy (non-hydrogen) atoms. The van der Waals surface area contributed by atoms with Crippen molar-refractivity contribution in [2.24, 2.45) is 5.92 Å². The second kappa shape index (κ2) is 9.40. The van der Waals surface area contributed by atoms with Gasteiger partial charge in [-0.3, -0.25) is 14.6 Å². The maximum atomic E-state index is 12.2. The lowest BCUT2D eigenvalue weighted by atomic mass is 9.67. The summed E-state index contributed by atoms with van der Waals surface area (Å²) in [6.45, 7) is 2.03. The summed E-state index contributed by atoms with van der Waals surface area (Å²) in [4.78, 5) is 29.8. The highest BCUT2D eigenvalue weighted by molar-refractivity contribution is 5.52. The Labute approximate surface area is 176 Å². The van der Waals surface area contributed by atoms with Gasteiger partial charge in [0.2, 0.25) is 6.41 Å². The Morgan fingerprint density at radius 1 is 1.00 bits per heavy atom. The summed E-state index contributed by atoms with van der Waals surface area (Å²) in [5.74, 6) is 0.642. The number of benzene rings is 1. The van der Waals surface area contributed by atoms with Gasteiger partial charge in [0, 0.05) is 18.6 Å². The molecule has 0 atom stereocenters. The van der Waals surface area contributed by atoms with Crippen LogP contribution in [0.3, 0.4) is 0 Å². The Hall–Kier alpha value is -1.72. The fraction of sp³-hybridized carbons (Fsp3) is 0.667. The van der Waals surface area contributed by atoms with Gasteiger partial charge >= 0.3 is 0 Å². The molecule has 0 N–H and O–H groups in total. The topological polar surface area (TPSA) is 43.9 Å². The first-order valence-corrected chi connectivity index (χ1v) is 11.0. The van der Waals surface area contributed by atoms with Crippen LogP contribution in [0, 0.1) is 5.92 Å². The summed E-state index contributed by atoms with van der Waals surface area (Å²) in [5, 5.41) is 0. The van der Waals surface area contributed by atoms with E-state index >= 15 is 0 Å². The van der Waals surface area contributed by atoms with Crippen LogP contribution in [0.15, 0.2) is 30.3 Å². The molecule has 0 aromatic heterocycles. The molecule has 3 rings (SSSR count). The maximum absolute atomic E-state index is 12.2. The van der Waals surface area contributed by atoms with E-state index in [2.05, 4.69) is 59.1 Å². The average molecular weight is 400 g/mol. The van der Waals surface area contributed by atoms with E-state index in [1.54, 1.807) is 0 Å². The molecule has 2 aliphatic carbocycles. The molecule has 160 valence electrons. The molecule has 0 bridgehead atoms. The third-order valence-corrected chi connectivity index (χ3v) is 7.54. The first kappa shape index (κ1) is 22.0. The Balaban J connectivity index is 1.85. The van der Waals surface area contributed by atoms with Crippen molar-refractivity contribution in [2.75, 3.05) is 40.8 Å². The van der Waals surface area contributed by atoms with Gasteiger partial charge in [-0.05, 0) is 71.1 Å². The summed E-state index contributed by atoms with van der Waals surface area (Å²) in [5.41, 5.74) is 1.17. The van der Waals surface area contributed by atoms with Gasteiger partial charge in [0.05, 0.1) is 12.1 Å². The van der Waals surface area contributed by atoms with Crippen molar-refractivity contribution in [3.05, 3.63) is 35.9 Å². The molecule has 1 aromatic carbocycles. The number of amides is 1.